The second-order valence-corrected chi connectivity index (χ2v) is 17.4. The molecule has 0 aliphatic carbocycles. The molecule has 0 atom stereocenters. The van der Waals surface area contributed by atoms with Crippen LogP contribution in [0.25, 0.3) is 131 Å². The molecule has 0 N–H and O–H groups in total. The number of hydrogen-bond acceptors (Lipinski definition) is 0. The molecule has 13 aromatic rings. The van der Waals surface area contributed by atoms with E-state index in [9.17, 15) is 0 Å². The third kappa shape index (κ3) is 6.00. The van der Waals surface area contributed by atoms with Gasteiger partial charge in [-0.1, -0.05) is 237 Å². The van der Waals surface area contributed by atoms with Crippen LogP contribution in [0.1, 0.15) is 0 Å². The van der Waals surface area contributed by atoms with Gasteiger partial charge in [-0.05, 0) is 150 Å². The average molecular weight is 835 g/mol. The van der Waals surface area contributed by atoms with Gasteiger partial charge in [-0.25, -0.2) is 0 Å². The van der Waals surface area contributed by atoms with Crippen molar-refractivity contribution in [2.75, 3.05) is 0 Å². The van der Waals surface area contributed by atoms with Gasteiger partial charge in [0.2, 0.25) is 0 Å². The summed E-state index contributed by atoms with van der Waals surface area (Å²) in [5.74, 6) is 0. The van der Waals surface area contributed by atoms with Crippen molar-refractivity contribution >= 4 is 64.6 Å². The van der Waals surface area contributed by atoms with Gasteiger partial charge in [-0.15, -0.1) is 0 Å². The molecular weight excluding hydrogens is 793 g/mol. The van der Waals surface area contributed by atoms with Gasteiger partial charge in [-0.3, -0.25) is 0 Å². The molecule has 0 heteroatoms. The van der Waals surface area contributed by atoms with Crippen LogP contribution in [0.2, 0.25) is 0 Å². The zero-order valence-electron chi connectivity index (χ0n) is 36.2. The monoisotopic (exact) mass is 834 g/mol. The molecular formula is C66H42. The van der Waals surface area contributed by atoms with Gasteiger partial charge in [0.15, 0.2) is 0 Å². The molecule has 0 aromatic heterocycles. The van der Waals surface area contributed by atoms with Crippen LogP contribution in [-0.2, 0) is 0 Å². The summed E-state index contributed by atoms with van der Waals surface area (Å²) in [5, 5.41) is 14.9. The first-order valence-corrected chi connectivity index (χ1v) is 22.9. The number of fused-ring (bicyclic) bond motifs is 6. The van der Waals surface area contributed by atoms with Crippen LogP contribution in [0, 0.1) is 0 Å². The Hall–Kier alpha value is -8.58. The molecule has 0 bridgehead atoms. The first kappa shape index (κ1) is 37.9. The Labute approximate surface area is 384 Å². The fourth-order valence-corrected chi connectivity index (χ4v) is 11.1. The van der Waals surface area contributed by atoms with E-state index in [-0.39, 0.29) is 0 Å². The summed E-state index contributed by atoms with van der Waals surface area (Å²) >= 11 is 0. The van der Waals surface area contributed by atoms with E-state index in [0.717, 1.165) is 0 Å². The summed E-state index contributed by atoms with van der Waals surface area (Å²) in [6.07, 6.45) is 0. The fraction of sp³-hybridized carbons (Fsp3) is 0. The predicted octanol–water partition coefficient (Wildman–Crippen LogP) is 18.6. The maximum Gasteiger partial charge on any atom is -0.00259 e. The smallest absolute Gasteiger partial charge is 0.00259 e. The van der Waals surface area contributed by atoms with Crippen LogP contribution in [0.4, 0.5) is 0 Å². The minimum atomic E-state index is 1.19. The molecule has 0 fully saturated rings. The highest BCUT2D eigenvalue weighted by Gasteiger charge is 2.23. The second kappa shape index (κ2) is 15.6. The van der Waals surface area contributed by atoms with Crippen LogP contribution in [0.15, 0.2) is 255 Å². The van der Waals surface area contributed by atoms with Crippen molar-refractivity contribution < 1.29 is 0 Å². The van der Waals surface area contributed by atoms with E-state index in [1.54, 1.807) is 0 Å². The van der Waals surface area contributed by atoms with Crippen molar-refractivity contribution in [1.29, 1.82) is 0 Å². The Kier molecular flexibility index (Phi) is 8.96. The molecule has 13 rings (SSSR count). The highest BCUT2D eigenvalue weighted by Crippen LogP contribution is 2.50. The normalized spacial score (nSPS) is 11.6. The molecule has 13 aromatic carbocycles. The Morgan fingerprint density at radius 2 is 0.258 bits per heavy atom. The Bertz CT molecular complexity index is 3410. The zero-order chi connectivity index (χ0) is 43.6. The van der Waals surface area contributed by atoms with E-state index in [1.807, 2.05) is 0 Å². The van der Waals surface area contributed by atoms with Gasteiger partial charge in [0.05, 0.1) is 0 Å². The van der Waals surface area contributed by atoms with Gasteiger partial charge in [0.25, 0.3) is 0 Å². The number of hydrogen-bond donors (Lipinski definition) is 0. The average Bonchev–Trinajstić information content (AvgIpc) is 3.39. The quantitative estimate of drug-likeness (QED) is 0.146. The number of rotatable bonds is 6. The van der Waals surface area contributed by atoms with E-state index >= 15 is 0 Å². The Balaban J connectivity index is 1.21. The van der Waals surface area contributed by atoms with Crippen molar-refractivity contribution in [1.82, 2.24) is 0 Å². The fourth-order valence-electron chi connectivity index (χ4n) is 11.1. The molecule has 0 spiro atoms. The zero-order valence-corrected chi connectivity index (χ0v) is 36.2. The van der Waals surface area contributed by atoms with Gasteiger partial charge in [-0.2, -0.15) is 0 Å². The summed E-state index contributed by atoms with van der Waals surface area (Å²) in [6, 6.07) is 94.3. The van der Waals surface area contributed by atoms with Crippen LogP contribution in [-0.4, -0.2) is 0 Å². The maximum absolute atomic E-state index is 2.49. The molecule has 0 nitrogen and oxygen atoms in total. The standard InChI is InChI=1S/C66H42/c1-4-22-43(23-5-1)61-49-28-10-16-34-55(49)64(56-35-17-11-29-50(56)61)46-40-47(65-57-36-18-12-30-51(57)62(44-24-6-2-7-25-44)52-31-13-19-37-58(52)65)42-48(41-46)66-59-38-20-14-32-53(59)63(45-26-8-3-9-27-45)54-33-15-21-39-60(54)66/h1-42H. The van der Waals surface area contributed by atoms with Gasteiger partial charge >= 0.3 is 0 Å². The highest BCUT2D eigenvalue weighted by molar-refractivity contribution is 6.26. The first-order valence-electron chi connectivity index (χ1n) is 22.9. The van der Waals surface area contributed by atoms with Gasteiger partial charge in [0.1, 0.15) is 0 Å². The molecule has 0 aliphatic heterocycles. The molecule has 0 aliphatic rings. The largest absolute Gasteiger partial charge is 0.0622 e. The summed E-state index contributed by atoms with van der Waals surface area (Å²) in [6.45, 7) is 0. The molecule has 0 radical (unpaired) electrons. The molecule has 0 heterocycles. The van der Waals surface area contributed by atoms with E-state index < -0.39 is 0 Å². The van der Waals surface area contributed by atoms with Gasteiger partial charge in [0, 0.05) is 0 Å². The lowest BCUT2D eigenvalue weighted by Crippen LogP contribution is -1.95. The molecule has 0 saturated heterocycles. The van der Waals surface area contributed by atoms with Gasteiger partial charge < -0.3 is 0 Å². The van der Waals surface area contributed by atoms with Crippen molar-refractivity contribution in [3.05, 3.63) is 255 Å². The van der Waals surface area contributed by atoms with Crippen molar-refractivity contribution in [2.45, 2.75) is 0 Å². The molecule has 306 valence electrons. The minimum Gasteiger partial charge on any atom is -0.0622 e. The predicted molar refractivity (Wildman–Crippen MR) is 284 cm³/mol. The number of benzene rings is 13. The van der Waals surface area contributed by atoms with Crippen molar-refractivity contribution in [3.8, 4) is 66.8 Å². The topological polar surface area (TPSA) is 0 Å². The second-order valence-electron chi connectivity index (χ2n) is 17.4. The summed E-state index contributed by atoms with van der Waals surface area (Å²) < 4.78 is 0. The van der Waals surface area contributed by atoms with E-state index in [0.29, 0.717) is 0 Å². The Morgan fingerprint density at radius 1 is 0.121 bits per heavy atom. The molecule has 0 saturated carbocycles. The van der Waals surface area contributed by atoms with Crippen molar-refractivity contribution in [2.24, 2.45) is 0 Å². The van der Waals surface area contributed by atoms with E-state index in [4.69, 9.17) is 0 Å². The summed E-state index contributed by atoms with van der Waals surface area (Å²) in [5.41, 5.74) is 14.8. The lowest BCUT2D eigenvalue weighted by Gasteiger charge is -2.22. The maximum atomic E-state index is 2.49. The van der Waals surface area contributed by atoms with Crippen molar-refractivity contribution in [3.63, 3.8) is 0 Å². The summed E-state index contributed by atoms with van der Waals surface area (Å²) in [7, 11) is 0. The SMILES string of the molecule is c1ccc(-c2c3ccccc3c(-c3cc(-c4c5ccccc5c(-c5ccccc5)c5ccccc45)cc(-c4c5ccccc5c(-c5ccccc5)c5ccccc45)c3)c3ccccc23)cc1. The third-order valence-corrected chi connectivity index (χ3v) is 13.8. The van der Waals surface area contributed by atoms with Crippen LogP contribution in [0.5, 0.6) is 0 Å². The molecule has 66 heavy (non-hydrogen) atoms. The highest BCUT2D eigenvalue weighted by atomic mass is 14.3. The van der Waals surface area contributed by atoms with E-state index in [2.05, 4.69) is 255 Å². The molecule has 0 amide bonds. The van der Waals surface area contributed by atoms with Crippen LogP contribution < -0.4 is 0 Å². The first-order chi connectivity index (χ1) is 32.8. The minimum absolute atomic E-state index is 1.19. The summed E-state index contributed by atoms with van der Waals surface area (Å²) in [4.78, 5) is 0. The molecule has 0 unspecified atom stereocenters. The lowest BCUT2D eigenvalue weighted by atomic mass is 9.81. The van der Waals surface area contributed by atoms with E-state index in [1.165, 1.54) is 131 Å². The Morgan fingerprint density at radius 3 is 0.424 bits per heavy atom. The third-order valence-electron chi connectivity index (χ3n) is 13.8. The van der Waals surface area contributed by atoms with Crippen LogP contribution in [0.3, 0.4) is 0 Å². The van der Waals surface area contributed by atoms with Crippen LogP contribution >= 0.6 is 0 Å². The lowest BCUT2D eigenvalue weighted by molar-refractivity contribution is 1.62.